The number of halogens is 1. The SMILES string of the molecule is COc1cccc(C(=O)Cn2cc(I)cn2)c1. The van der Waals surface area contributed by atoms with E-state index in [-0.39, 0.29) is 12.3 Å². The van der Waals surface area contributed by atoms with Crippen molar-refractivity contribution in [2.75, 3.05) is 7.11 Å². The van der Waals surface area contributed by atoms with Crippen LogP contribution in [-0.4, -0.2) is 22.7 Å². The Morgan fingerprint density at radius 3 is 3.00 bits per heavy atom. The molecule has 0 spiro atoms. The van der Waals surface area contributed by atoms with E-state index in [0.29, 0.717) is 11.3 Å². The van der Waals surface area contributed by atoms with Crippen LogP contribution in [0.3, 0.4) is 0 Å². The second-order valence-corrected chi connectivity index (χ2v) is 4.76. The van der Waals surface area contributed by atoms with Gasteiger partial charge in [-0.05, 0) is 34.7 Å². The Morgan fingerprint density at radius 2 is 2.35 bits per heavy atom. The van der Waals surface area contributed by atoms with Gasteiger partial charge in [0.15, 0.2) is 5.78 Å². The Bertz CT molecular complexity index is 537. The summed E-state index contributed by atoms with van der Waals surface area (Å²) >= 11 is 2.16. The third-order valence-electron chi connectivity index (χ3n) is 2.30. The molecule has 88 valence electrons. The molecule has 4 nitrogen and oxygen atoms in total. The van der Waals surface area contributed by atoms with Gasteiger partial charge in [0.2, 0.25) is 0 Å². The van der Waals surface area contributed by atoms with Gasteiger partial charge < -0.3 is 4.74 Å². The van der Waals surface area contributed by atoms with Crippen molar-refractivity contribution < 1.29 is 9.53 Å². The lowest BCUT2D eigenvalue weighted by Gasteiger charge is -2.04. The first-order chi connectivity index (χ1) is 8.19. The molecule has 0 radical (unpaired) electrons. The third kappa shape index (κ3) is 3.06. The van der Waals surface area contributed by atoms with Crippen molar-refractivity contribution in [2.45, 2.75) is 6.54 Å². The van der Waals surface area contributed by atoms with E-state index < -0.39 is 0 Å². The van der Waals surface area contributed by atoms with Gasteiger partial charge in [0.25, 0.3) is 0 Å². The highest BCUT2D eigenvalue weighted by molar-refractivity contribution is 14.1. The molecule has 0 aliphatic rings. The molecule has 0 bridgehead atoms. The highest BCUT2D eigenvalue weighted by Gasteiger charge is 2.08. The van der Waals surface area contributed by atoms with Crippen LogP contribution in [0.25, 0.3) is 0 Å². The van der Waals surface area contributed by atoms with E-state index in [2.05, 4.69) is 27.7 Å². The normalized spacial score (nSPS) is 10.2. The van der Waals surface area contributed by atoms with Crippen LogP contribution in [0.4, 0.5) is 0 Å². The number of rotatable bonds is 4. The molecule has 17 heavy (non-hydrogen) atoms. The van der Waals surface area contributed by atoms with Gasteiger partial charge in [-0.15, -0.1) is 0 Å². The summed E-state index contributed by atoms with van der Waals surface area (Å²) in [6, 6.07) is 7.13. The zero-order valence-electron chi connectivity index (χ0n) is 9.26. The molecule has 0 amide bonds. The predicted molar refractivity (Wildman–Crippen MR) is 72.3 cm³/mol. The molecule has 0 aliphatic carbocycles. The van der Waals surface area contributed by atoms with Crippen LogP contribution in [0, 0.1) is 3.57 Å². The molecule has 0 atom stereocenters. The van der Waals surface area contributed by atoms with Gasteiger partial charge in [-0.25, -0.2) is 0 Å². The number of Topliss-reactive ketones (excluding diaryl/α,β-unsaturated/α-hetero) is 1. The average Bonchev–Trinajstić information content (AvgIpc) is 2.75. The second-order valence-electron chi connectivity index (χ2n) is 3.51. The minimum atomic E-state index is 0.0170. The van der Waals surface area contributed by atoms with Gasteiger partial charge in [0.1, 0.15) is 12.3 Å². The monoisotopic (exact) mass is 342 g/mol. The van der Waals surface area contributed by atoms with Crippen molar-refractivity contribution in [3.63, 3.8) is 0 Å². The van der Waals surface area contributed by atoms with Crippen LogP contribution in [0.15, 0.2) is 36.7 Å². The fourth-order valence-corrected chi connectivity index (χ4v) is 1.91. The fourth-order valence-electron chi connectivity index (χ4n) is 1.46. The number of carbonyl (C=O) groups is 1. The Balaban J connectivity index is 2.14. The Labute approximate surface area is 113 Å². The number of benzene rings is 1. The van der Waals surface area contributed by atoms with Gasteiger partial charge in [-0.1, -0.05) is 12.1 Å². The van der Waals surface area contributed by atoms with Crippen LogP contribution in [-0.2, 0) is 6.54 Å². The maximum absolute atomic E-state index is 12.0. The summed E-state index contributed by atoms with van der Waals surface area (Å²) in [6.07, 6.45) is 3.55. The molecule has 0 saturated heterocycles. The minimum absolute atomic E-state index is 0.0170. The highest BCUT2D eigenvalue weighted by atomic mass is 127. The second kappa shape index (κ2) is 5.31. The van der Waals surface area contributed by atoms with E-state index in [4.69, 9.17) is 4.74 Å². The first-order valence-electron chi connectivity index (χ1n) is 5.04. The van der Waals surface area contributed by atoms with Crippen molar-refractivity contribution in [1.29, 1.82) is 0 Å². The Morgan fingerprint density at radius 1 is 1.53 bits per heavy atom. The number of ether oxygens (including phenoxy) is 1. The van der Waals surface area contributed by atoms with Crippen molar-refractivity contribution in [3.8, 4) is 5.75 Å². The topological polar surface area (TPSA) is 44.1 Å². The third-order valence-corrected chi connectivity index (χ3v) is 2.86. The zero-order valence-corrected chi connectivity index (χ0v) is 11.4. The lowest BCUT2D eigenvalue weighted by Crippen LogP contribution is -2.10. The van der Waals surface area contributed by atoms with Crippen LogP contribution in [0.1, 0.15) is 10.4 Å². The molecular weight excluding hydrogens is 331 g/mol. The van der Waals surface area contributed by atoms with Gasteiger partial charge in [-0.2, -0.15) is 5.10 Å². The molecule has 0 unspecified atom stereocenters. The molecule has 1 aromatic heterocycles. The van der Waals surface area contributed by atoms with E-state index in [1.54, 1.807) is 36.2 Å². The minimum Gasteiger partial charge on any atom is -0.497 e. The summed E-state index contributed by atoms with van der Waals surface area (Å²) in [5, 5.41) is 4.08. The van der Waals surface area contributed by atoms with Crippen LogP contribution in [0.5, 0.6) is 5.75 Å². The van der Waals surface area contributed by atoms with Crippen LogP contribution in [0.2, 0.25) is 0 Å². The number of hydrogen-bond donors (Lipinski definition) is 0. The van der Waals surface area contributed by atoms with Gasteiger partial charge in [0.05, 0.1) is 16.9 Å². The van der Waals surface area contributed by atoms with E-state index in [1.807, 2.05) is 12.3 Å². The van der Waals surface area contributed by atoms with E-state index in [1.165, 1.54) is 0 Å². The first-order valence-corrected chi connectivity index (χ1v) is 6.12. The van der Waals surface area contributed by atoms with E-state index in [0.717, 1.165) is 3.57 Å². The van der Waals surface area contributed by atoms with E-state index in [9.17, 15) is 4.79 Å². The lowest BCUT2D eigenvalue weighted by atomic mass is 10.1. The van der Waals surface area contributed by atoms with Crippen molar-refractivity contribution >= 4 is 28.4 Å². The molecule has 1 heterocycles. The molecule has 1 aromatic carbocycles. The van der Waals surface area contributed by atoms with Gasteiger partial charge in [0, 0.05) is 11.8 Å². The molecule has 0 N–H and O–H groups in total. The standard InChI is InChI=1S/C12H11IN2O2/c1-17-11-4-2-3-9(5-11)12(16)8-15-7-10(13)6-14-15/h2-7H,8H2,1H3. The lowest BCUT2D eigenvalue weighted by molar-refractivity contribution is 0.0967. The number of nitrogens with zero attached hydrogens (tertiary/aromatic N) is 2. The summed E-state index contributed by atoms with van der Waals surface area (Å²) in [7, 11) is 1.58. The van der Waals surface area contributed by atoms with Crippen LogP contribution >= 0.6 is 22.6 Å². The number of methoxy groups -OCH3 is 1. The number of hydrogen-bond acceptors (Lipinski definition) is 3. The maximum Gasteiger partial charge on any atom is 0.184 e. The maximum atomic E-state index is 12.0. The summed E-state index contributed by atoms with van der Waals surface area (Å²) in [6.45, 7) is 0.246. The van der Waals surface area contributed by atoms with Crippen LogP contribution < -0.4 is 4.74 Å². The first kappa shape index (κ1) is 12.1. The molecule has 0 fully saturated rings. The number of aromatic nitrogens is 2. The Hall–Kier alpha value is -1.37. The average molecular weight is 342 g/mol. The zero-order chi connectivity index (χ0) is 12.3. The number of ketones is 1. The smallest absolute Gasteiger partial charge is 0.184 e. The largest absolute Gasteiger partial charge is 0.497 e. The Kier molecular flexibility index (Phi) is 3.78. The number of carbonyl (C=O) groups excluding carboxylic acids is 1. The van der Waals surface area contributed by atoms with Gasteiger partial charge >= 0.3 is 0 Å². The fraction of sp³-hybridized carbons (Fsp3) is 0.167. The molecule has 0 aliphatic heterocycles. The van der Waals surface area contributed by atoms with Gasteiger partial charge in [-0.3, -0.25) is 9.48 Å². The van der Waals surface area contributed by atoms with Crippen molar-refractivity contribution in [3.05, 3.63) is 45.8 Å². The molecule has 2 aromatic rings. The van der Waals surface area contributed by atoms with Crippen molar-refractivity contribution in [2.24, 2.45) is 0 Å². The van der Waals surface area contributed by atoms with Crippen molar-refractivity contribution in [1.82, 2.24) is 9.78 Å². The molecule has 5 heteroatoms. The summed E-state index contributed by atoms with van der Waals surface area (Å²) < 4.78 is 7.73. The summed E-state index contributed by atoms with van der Waals surface area (Å²) in [5.74, 6) is 0.703. The molecular formula is C12H11IN2O2. The molecule has 0 saturated carbocycles. The van der Waals surface area contributed by atoms with E-state index >= 15 is 0 Å². The predicted octanol–water partition coefficient (Wildman–Crippen LogP) is 2.38. The summed E-state index contributed by atoms with van der Waals surface area (Å²) in [5.41, 5.74) is 0.634. The summed E-state index contributed by atoms with van der Waals surface area (Å²) in [4.78, 5) is 12.0. The molecule has 2 rings (SSSR count). The quantitative estimate of drug-likeness (QED) is 0.633. The highest BCUT2D eigenvalue weighted by Crippen LogP contribution is 2.13.